The highest BCUT2D eigenvalue weighted by Gasteiger charge is 2.31. The number of nitrogens with zero attached hydrogens (tertiary/aromatic N) is 2. The van der Waals surface area contributed by atoms with Crippen LogP contribution in [0.2, 0.25) is 0 Å². The summed E-state index contributed by atoms with van der Waals surface area (Å²) in [5.74, 6) is -0.681. The smallest absolute Gasteiger partial charge is 0.339 e. The Morgan fingerprint density at radius 2 is 2.16 bits per heavy atom. The Kier molecular flexibility index (Phi) is 3.62. The van der Waals surface area contributed by atoms with Gasteiger partial charge in [0, 0.05) is 10.9 Å². The van der Waals surface area contributed by atoms with E-state index in [1.165, 1.54) is 4.90 Å². The minimum absolute atomic E-state index is 0.133. The zero-order chi connectivity index (χ0) is 17.6. The standard InChI is InChI=1S/C19H16N2O4/c1-11-9-25-19(24)18(23)14(11)7-16-17-13(8-21(16)10-22)6-12-4-2-3-5-15(12)20-17/h2-7,10,18,23H,8-9H2,1H3/b16-7-. The van der Waals surface area contributed by atoms with E-state index >= 15 is 0 Å². The van der Waals surface area contributed by atoms with Gasteiger partial charge in [0.15, 0.2) is 6.10 Å². The third-order valence-corrected chi connectivity index (χ3v) is 4.56. The molecule has 0 saturated carbocycles. The molecule has 0 bridgehead atoms. The molecule has 3 heterocycles. The van der Waals surface area contributed by atoms with Crippen LogP contribution in [0.4, 0.5) is 0 Å². The predicted molar refractivity (Wildman–Crippen MR) is 91.0 cm³/mol. The molecule has 1 unspecified atom stereocenters. The Hall–Kier alpha value is -2.99. The number of carbonyl (C=O) groups is 2. The Morgan fingerprint density at radius 3 is 2.96 bits per heavy atom. The van der Waals surface area contributed by atoms with E-state index < -0.39 is 12.1 Å². The van der Waals surface area contributed by atoms with Crippen LogP contribution in [0.1, 0.15) is 18.2 Å². The van der Waals surface area contributed by atoms with Gasteiger partial charge in [-0.1, -0.05) is 18.2 Å². The van der Waals surface area contributed by atoms with Crippen molar-refractivity contribution in [2.24, 2.45) is 0 Å². The van der Waals surface area contributed by atoms with E-state index in [1.807, 2.05) is 30.3 Å². The van der Waals surface area contributed by atoms with Gasteiger partial charge in [0.05, 0.1) is 23.5 Å². The molecule has 6 heteroatoms. The van der Waals surface area contributed by atoms with Crippen molar-refractivity contribution in [3.8, 4) is 0 Å². The number of cyclic esters (lactones) is 1. The molecule has 25 heavy (non-hydrogen) atoms. The largest absolute Gasteiger partial charge is 0.459 e. The van der Waals surface area contributed by atoms with Gasteiger partial charge >= 0.3 is 5.97 Å². The van der Waals surface area contributed by atoms with Crippen molar-refractivity contribution in [2.75, 3.05) is 6.61 Å². The van der Waals surface area contributed by atoms with Crippen LogP contribution < -0.4 is 0 Å². The number of esters is 1. The first kappa shape index (κ1) is 15.5. The Morgan fingerprint density at radius 1 is 1.36 bits per heavy atom. The van der Waals surface area contributed by atoms with Crippen LogP contribution in [0.5, 0.6) is 0 Å². The third kappa shape index (κ3) is 2.51. The predicted octanol–water partition coefficient (Wildman–Crippen LogP) is 1.78. The Bertz CT molecular complexity index is 961. The van der Waals surface area contributed by atoms with Gasteiger partial charge in [-0.25, -0.2) is 9.78 Å². The number of amides is 1. The van der Waals surface area contributed by atoms with E-state index in [0.717, 1.165) is 28.4 Å². The lowest BCUT2D eigenvalue weighted by Crippen LogP contribution is -2.31. The summed E-state index contributed by atoms with van der Waals surface area (Å²) in [6.45, 7) is 2.33. The van der Waals surface area contributed by atoms with Gasteiger partial charge in [-0.2, -0.15) is 0 Å². The number of fused-ring (bicyclic) bond motifs is 2. The van der Waals surface area contributed by atoms with Crippen molar-refractivity contribution in [1.82, 2.24) is 9.88 Å². The lowest BCUT2D eigenvalue weighted by atomic mass is 9.99. The van der Waals surface area contributed by atoms with Crippen molar-refractivity contribution >= 4 is 29.0 Å². The number of aliphatic hydroxyl groups is 1. The number of hydrogen-bond donors (Lipinski definition) is 1. The molecule has 1 amide bonds. The van der Waals surface area contributed by atoms with Crippen LogP contribution >= 0.6 is 0 Å². The summed E-state index contributed by atoms with van der Waals surface area (Å²) in [5, 5.41) is 11.1. The molecule has 2 aliphatic heterocycles. The SMILES string of the molecule is CC1=C(/C=C2/c3nc4ccccc4cc3CN2C=O)C(O)C(=O)OC1. The number of benzene rings is 1. The van der Waals surface area contributed by atoms with E-state index in [4.69, 9.17) is 4.74 Å². The van der Waals surface area contributed by atoms with Crippen LogP contribution in [0.15, 0.2) is 47.6 Å². The molecule has 1 atom stereocenters. The maximum Gasteiger partial charge on any atom is 0.339 e. The van der Waals surface area contributed by atoms with Gasteiger partial charge in [-0.15, -0.1) is 0 Å². The first-order valence-corrected chi connectivity index (χ1v) is 7.95. The van der Waals surface area contributed by atoms with Gasteiger partial charge in [0.2, 0.25) is 6.41 Å². The fraction of sp³-hybridized carbons (Fsp3) is 0.211. The average Bonchev–Trinajstić information content (AvgIpc) is 2.96. The molecule has 4 rings (SSSR count). The monoisotopic (exact) mass is 336 g/mol. The molecule has 0 spiro atoms. The maximum atomic E-state index is 11.7. The summed E-state index contributed by atoms with van der Waals surface area (Å²) in [7, 11) is 0. The highest BCUT2D eigenvalue weighted by Crippen LogP contribution is 2.34. The first-order valence-electron chi connectivity index (χ1n) is 7.95. The summed E-state index contributed by atoms with van der Waals surface area (Å²) in [5.41, 5.74) is 4.24. The van der Waals surface area contributed by atoms with E-state index in [1.54, 1.807) is 13.0 Å². The van der Waals surface area contributed by atoms with E-state index in [0.29, 0.717) is 23.5 Å². The minimum atomic E-state index is -1.35. The number of rotatable bonds is 2. The molecule has 2 aromatic rings. The second-order valence-corrected chi connectivity index (χ2v) is 6.20. The normalized spacial score (nSPS) is 21.7. The number of ether oxygens (including phenoxy) is 1. The molecular formula is C19H16N2O4. The third-order valence-electron chi connectivity index (χ3n) is 4.56. The zero-order valence-electron chi connectivity index (χ0n) is 13.6. The topological polar surface area (TPSA) is 79.7 Å². The quantitative estimate of drug-likeness (QED) is 0.668. The molecule has 0 aliphatic carbocycles. The Balaban J connectivity index is 1.88. The van der Waals surface area contributed by atoms with Gasteiger partial charge in [-0.05, 0) is 36.3 Å². The van der Waals surface area contributed by atoms with Crippen LogP contribution in [0.25, 0.3) is 16.6 Å². The van der Waals surface area contributed by atoms with Crippen molar-refractivity contribution in [1.29, 1.82) is 0 Å². The number of aliphatic hydroxyl groups excluding tert-OH is 1. The zero-order valence-corrected chi connectivity index (χ0v) is 13.6. The first-order chi connectivity index (χ1) is 12.1. The fourth-order valence-electron chi connectivity index (χ4n) is 3.20. The van der Waals surface area contributed by atoms with Crippen LogP contribution in [0.3, 0.4) is 0 Å². The van der Waals surface area contributed by atoms with E-state index in [-0.39, 0.29) is 6.61 Å². The molecule has 1 N–H and O–H groups in total. The van der Waals surface area contributed by atoms with Gasteiger partial charge < -0.3 is 14.7 Å². The van der Waals surface area contributed by atoms with Crippen LogP contribution in [-0.2, 0) is 20.9 Å². The van der Waals surface area contributed by atoms with E-state index in [9.17, 15) is 14.7 Å². The lowest BCUT2D eigenvalue weighted by Gasteiger charge is -2.22. The number of pyridine rings is 1. The summed E-state index contributed by atoms with van der Waals surface area (Å²) in [6, 6.07) is 9.75. The molecule has 0 radical (unpaired) electrons. The molecule has 1 aromatic carbocycles. The second-order valence-electron chi connectivity index (χ2n) is 6.20. The Labute approximate surface area is 144 Å². The number of aromatic nitrogens is 1. The highest BCUT2D eigenvalue weighted by atomic mass is 16.5. The van der Waals surface area contributed by atoms with Crippen molar-refractivity contribution in [3.63, 3.8) is 0 Å². The molecule has 1 aromatic heterocycles. The molecule has 126 valence electrons. The number of hydrogen-bond acceptors (Lipinski definition) is 5. The van der Waals surface area contributed by atoms with Crippen LogP contribution in [0, 0.1) is 0 Å². The summed E-state index contributed by atoms with van der Waals surface area (Å²) in [4.78, 5) is 29.4. The molecular weight excluding hydrogens is 320 g/mol. The van der Waals surface area contributed by atoms with Crippen molar-refractivity contribution < 1.29 is 19.4 Å². The number of para-hydroxylation sites is 1. The molecule has 0 fully saturated rings. The summed E-state index contributed by atoms with van der Waals surface area (Å²) < 4.78 is 4.90. The molecule has 6 nitrogen and oxygen atoms in total. The summed E-state index contributed by atoms with van der Waals surface area (Å²) in [6.07, 6.45) is 1.06. The maximum absolute atomic E-state index is 11.7. The van der Waals surface area contributed by atoms with Gasteiger partial charge in [-0.3, -0.25) is 4.79 Å². The highest BCUT2D eigenvalue weighted by molar-refractivity contribution is 5.88. The fourth-order valence-corrected chi connectivity index (χ4v) is 3.20. The number of carbonyl (C=O) groups excluding carboxylic acids is 2. The minimum Gasteiger partial charge on any atom is -0.459 e. The van der Waals surface area contributed by atoms with Crippen LogP contribution in [-0.4, -0.2) is 40.1 Å². The van der Waals surface area contributed by atoms with Crippen molar-refractivity contribution in [2.45, 2.75) is 19.6 Å². The van der Waals surface area contributed by atoms with Gasteiger partial charge in [0.1, 0.15) is 6.61 Å². The molecule has 0 saturated heterocycles. The van der Waals surface area contributed by atoms with Crippen molar-refractivity contribution in [3.05, 3.63) is 58.8 Å². The lowest BCUT2D eigenvalue weighted by molar-refractivity contribution is -0.151. The average molecular weight is 336 g/mol. The van der Waals surface area contributed by atoms with Gasteiger partial charge in [0.25, 0.3) is 0 Å². The van der Waals surface area contributed by atoms with E-state index in [2.05, 4.69) is 4.98 Å². The summed E-state index contributed by atoms with van der Waals surface area (Å²) >= 11 is 0. The second kappa shape index (κ2) is 5.82. The molecule has 2 aliphatic rings.